The highest BCUT2D eigenvalue weighted by Gasteiger charge is 2.30. The fraction of sp³-hybridized carbons (Fsp3) is 0.722. The number of hydrogen-bond donors (Lipinski definition) is 1. The van der Waals surface area contributed by atoms with Crippen molar-refractivity contribution in [2.75, 3.05) is 5.32 Å². The first-order chi connectivity index (χ1) is 11.3. The second-order valence-electron chi connectivity index (χ2n) is 8.00. The van der Waals surface area contributed by atoms with E-state index in [1.165, 1.54) is 12.8 Å². The molecule has 3 rings (SSSR count). The van der Waals surface area contributed by atoms with E-state index in [0.29, 0.717) is 28.1 Å². The van der Waals surface area contributed by atoms with Gasteiger partial charge in [-0.3, -0.25) is 0 Å². The van der Waals surface area contributed by atoms with E-state index in [4.69, 9.17) is 11.6 Å². The molecule has 1 fully saturated rings. The van der Waals surface area contributed by atoms with Crippen molar-refractivity contribution in [3.8, 4) is 0 Å². The summed E-state index contributed by atoms with van der Waals surface area (Å²) in [5, 5.41) is 8.78. The van der Waals surface area contributed by atoms with E-state index in [0.717, 1.165) is 36.7 Å². The van der Waals surface area contributed by atoms with Gasteiger partial charge >= 0.3 is 0 Å². The molecule has 2 aromatic heterocycles. The average Bonchev–Trinajstić information content (AvgIpc) is 2.89. The molecule has 0 aliphatic heterocycles. The molecular weight excluding hydrogens is 322 g/mol. The molecule has 1 N–H and O–H groups in total. The van der Waals surface area contributed by atoms with Crippen LogP contribution in [0.5, 0.6) is 0 Å². The van der Waals surface area contributed by atoms with Gasteiger partial charge in [0.1, 0.15) is 10.8 Å². The minimum Gasteiger partial charge on any atom is -0.366 e. The molecule has 1 saturated carbocycles. The lowest BCUT2D eigenvalue weighted by atomic mass is 9.71. The van der Waals surface area contributed by atoms with Gasteiger partial charge in [-0.2, -0.15) is 9.50 Å². The lowest BCUT2D eigenvalue weighted by Crippen LogP contribution is -2.32. The normalized spacial score (nSPS) is 22.1. The van der Waals surface area contributed by atoms with Crippen LogP contribution in [0.3, 0.4) is 0 Å². The maximum Gasteiger partial charge on any atom is 0.254 e. The fourth-order valence-electron chi connectivity index (χ4n) is 3.68. The van der Waals surface area contributed by atoms with E-state index in [1.54, 1.807) is 4.52 Å². The number of fused-ring (bicyclic) bond motifs is 1. The Morgan fingerprint density at radius 3 is 2.42 bits per heavy atom. The quantitative estimate of drug-likeness (QED) is 0.875. The molecule has 132 valence electrons. The third kappa shape index (κ3) is 3.37. The highest BCUT2D eigenvalue weighted by Crippen LogP contribution is 2.39. The summed E-state index contributed by atoms with van der Waals surface area (Å²) < 4.78 is 1.76. The van der Waals surface area contributed by atoms with E-state index >= 15 is 0 Å². The first kappa shape index (κ1) is 17.5. The lowest BCUT2D eigenvalue weighted by molar-refractivity contribution is 0.173. The summed E-state index contributed by atoms with van der Waals surface area (Å²) in [6.45, 7) is 11.0. The molecule has 0 spiro atoms. The van der Waals surface area contributed by atoms with Crippen molar-refractivity contribution >= 4 is 23.2 Å². The van der Waals surface area contributed by atoms with Crippen molar-refractivity contribution < 1.29 is 0 Å². The molecule has 2 heterocycles. The number of rotatable bonds is 3. The Morgan fingerprint density at radius 2 is 1.83 bits per heavy atom. The lowest BCUT2D eigenvalue weighted by Gasteiger charge is -2.37. The monoisotopic (exact) mass is 349 g/mol. The van der Waals surface area contributed by atoms with Gasteiger partial charge < -0.3 is 5.32 Å². The van der Waals surface area contributed by atoms with Gasteiger partial charge in [-0.1, -0.05) is 39.3 Å². The molecule has 5 nitrogen and oxygen atoms in total. The van der Waals surface area contributed by atoms with Gasteiger partial charge in [-0.25, -0.2) is 4.98 Å². The third-order valence-electron chi connectivity index (χ3n) is 5.23. The van der Waals surface area contributed by atoms with Crippen LogP contribution < -0.4 is 5.32 Å². The van der Waals surface area contributed by atoms with Crippen molar-refractivity contribution in [3.05, 3.63) is 16.5 Å². The van der Waals surface area contributed by atoms with Crippen LogP contribution in [0.1, 0.15) is 64.9 Å². The summed E-state index contributed by atoms with van der Waals surface area (Å²) in [7, 11) is 0. The number of nitrogens with zero attached hydrogens (tertiary/aromatic N) is 4. The van der Waals surface area contributed by atoms with Crippen LogP contribution >= 0.6 is 11.6 Å². The van der Waals surface area contributed by atoms with E-state index < -0.39 is 0 Å². The number of aromatic nitrogens is 4. The van der Waals surface area contributed by atoms with Crippen molar-refractivity contribution in [2.45, 2.75) is 72.8 Å². The molecular formula is C18H28ClN5. The van der Waals surface area contributed by atoms with Gasteiger partial charge in [0.05, 0.1) is 5.69 Å². The van der Waals surface area contributed by atoms with Crippen LogP contribution in [0, 0.1) is 18.3 Å². The number of halogens is 1. The zero-order valence-electron chi connectivity index (χ0n) is 15.4. The van der Waals surface area contributed by atoms with Crippen molar-refractivity contribution in [3.63, 3.8) is 0 Å². The van der Waals surface area contributed by atoms with Crippen LogP contribution in [-0.2, 0) is 6.42 Å². The van der Waals surface area contributed by atoms with Crippen LogP contribution in [0.2, 0.25) is 5.02 Å². The van der Waals surface area contributed by atoms with Gasteiger partial charge in [0.2, 0.25) is 0 Å². The zero-order valence-corrected chi connectivity index (χ0v) is 16.1. The first-order valence-electron chi connectivity index (χ1n) is 8.98. The maximum atomic E-state index is 6.60. The molecule has 1 aliphatic carbocycles. The van der Waals surface area contributed by atoms with Crippen molar-refractivity contribution in [2.24, 2.45) is 11.3 Å². The van der Waals surface area contributed by atoms with Gasteiger partial charge in [-0.05, 0) is 50.4 Å². The van der Waals surface area contributed by atoms with Crippen LogP contribution in [0.25, 0.3) is 5.78 Å². The molecule has 0 atom stereocenters. The van der Waals surface area contributed by atoms with Gasteiger partial charge in [0.25, 0.3) is 5.78 Å². The molecule has 24 heavy (non-hydrogen) atoms. The van der Waals surface area contributed by atoms with Gasteiger partial charge in [-0.15, -0.1) is 5.10 Å². The second-order valence-corrected chi connectivity index (χ2v) is 8.38. The highest BCUT2D eigenvalue weighted by atomic mass is 35.5. The Kier molecular flexibility index (Phi) is 4.73. The number of hydrogen-bond acceptors (Lipinski definition) is 4. The van der Waals surface area contributed by atoms with E-state index in [2.05, 4.69) is 48.1 Å². The number of nitrogens with one attached hydrogen (secondary N) is 1. The molecule has 0 aromatic carbocycles. The van der Waals surface area contributed by atoms with Crippen molar-refractivity contribution in [1.29, 1.82) is 0 Å². The predicted octanol–water partition coefficient (Wildman–Crippen LogP) is 4.67. The first-order valence-corrected chi connectivity index (χ1v) is 9.35. The minimum absolute atomic E-state index is 0.394. The van der Waals surface area contributed by atoms with Crippen LogP contribution in [0.15, 0.2) is 0 Å². The van der Waals surface area contributed by atoms with E-state index in [9.17, 15) is 0 Å². The number of aryl methyl sites for hydroxylation is 2. The van der Waals surface area contributed by atoms with E-state index in [1.807, 2.05) is 6.92 Å². The topological polar surface area (TPSA) is 55.1 Å². The Labute approximate surface area is 149 Å². The Balaban J connectivity index is 1.84. The highest BCUT2D eigenvalue weighted by molar-refractivity contribution is 6.33. The molecule has 0 amide bonds. The summed E-state index contributed by atoms with van der Waals surface area (Å²) in [6.07, 6.45) is 5.62. The second kappa shape index (κ2) is 6.51. The fourth-order valence-corrected chi connectivity index (χ4v) is 3.99. The minimum atomic E-state index is 0.394. The molecule has 2 aromatic rings. The van der Waals surface area contributed by atoms with Gasteiger partial charge in [0.15, 0.2) is 5.82 Å². The summed E-state index contributed by atoms with van der Waals surface area (Å²) in [5.41, 5.74) is 1.27. The summed E-state index contributed by atoms with van der Waals surface area (Å²) in [6, 6.07) is 0.431. The molecule has 0 unspecified atom stereocenters. The maximum absolute atomic E-state index is 6.60. The molecule has 0 bridgehead atoms. The predicted molar refractivity (Wildman–Crippen MR) is 98.7 cm³/mol. The smallest absolute Gasteiger partial charge is 0.254 e. The van der Waals surface area contributed by atoms with Crippen LogP contribution in [-0.4, -0.2) is 25.6 Å². The number of anilines is 1. The molecule has 6 heteroatoms. The third-order valence-corrected chi connectivity index (χ3v) is 5.63. The summed E-state index contributed by atoms with van der Waals surface area (Å²) >= 11 is 6.60. The Morgan fingerprint density at radius 1 is 1.17 bits per heavy atom. The SMILES string of the molecule is CCc1nc2nc(C)nn2c(N[C@H]2CC[C@@H](C(C)(C)C)CC2)c1Cl. The van der Waals surface area contributed by atoms with Crippen LogP contribution in [0.4, 0.5) is 5.82 Å². The Bertz CT molecular complexity index is 723. The van der Waals surface area contributed by atoms with Crippen molar-refractivity contribution in [1.82, 2.24) is 19.6 Å². The average molecular weight is 350 g/mol. The molecule has 0 saturated heterocycles. The zero-order chi connectivity index (χ0) is 17.5. The Hall–Kier alpha value is -1.36. The van der Waals surface area contributed by atoms with E-state index in [-0.39, 0.29) is 0 Å². The van der Waals surface area contributed by atoms with Gasteiger partial charge in [0, 0.05) is 6.04 Å². The standard InChI is InChI=1S/C18H28ClN5/c1-6-14-15(19)16(24-17(22-14)20-11(2)23-24)21-13-9-7-12(8-10-13)18(3,4)5/h12-13,21H,6-10H2,1-5H3/t12-,13+. The summed E-state index contributed by atoms with van der Waals surface area (Å²) in [5.74, 6) is 2.98. The summed E-state index contributed by atoms with van der Waals surface area (Å²) in [4.78, 5) is 8.93. The largest absolute Gasteiger partial charge is 0.366 e. The molecule has 0 radical (unpaired) electrons. The molecule has 1 aliphatic rings.